The molecule has 0 saturated carbocycles. The maximum Gasteiger partial charge on any atom is 0.0470 e. The van der Waals surface area contributed by atoms with Crippen LogP contribution in [0.25, 0.3) is 22.3 Å². The molecule has 0 atom stereocenters. The van der Waals surface area contributed by atoms with E-state index in [9.17, 15) is 0 Å². The topological polar surface area (TPSA) is 4.93 Å². The molecular weight excluding hydrogens is 290 g/mol. The Balaban J connectivity index is 1.79. The Morgan fingerprint density at radius 1 is 0.500 bits per heavy atom. The van der Waals surface area contributed by atoms with Gasteiger partial charge in [0.15, 0.2) is 0 Å². The van der Waals surface area contributed by atoms with Gasteiger partial charge in [-0.05, 0) is 16.7 Å². The number of hydrogen-bond donors (Lipinski definition) is 0. The van der Waals surface area contributed by atoms with E-state index in [4.69, 9.17) is 0 Å². The van der Waals surface area contributed by atoms with Gasteiger partial charge in [0.1, 0.15) is 0 Å². The van der Waals surface area contributed by atoms with E-state index in [1.54, 1.807) is 0 Å². The first kappa shape index (κ1) is 14.5. The normalized spacial score (nSPS) is 10.7. The molecule has 0 aliphatic carbocycles. The molecule has 116 valence electrons. The molecule has 0 fully saturated rings. The fourth-order valence-electron chi connectivity index (χ4n) is 3.09. The van der Waals surface area contributed by atoms with Crippen LogP contribution in [-0.4, -0.2) is 4.57 Å². The Bertz CT molecular complexity index is 849. The first-order chi connectivity index (χ1) is 11.9. The molecule has 0 amide bonds. The molecule has 0 bridgehead atoms. The quantitative estimate of drug-likeness (QED) is 0.444. The van der Waals surface area contributed by atoms with Crippen LogP contribution in [0.2, 0.25) is 0 Å². The molecule has 0 unspecified atom stereocenters. The zero-order valence-corrected chi connectivity index (χ0v) is 13.5. The van der Waals surface area contributed by atoms with Crippen molar-refractivity contribution in [3.8, 4) is 22.3 Å². The molecule has 4 aromatic rings. The first-order valence-electron chi connectivity index (χ1n) is 8.25. The van der Waals surface area contributed by atoms with Crippen LogP contribution in [0, 0.1) is 0 Å². The molecule has 0 N–H and O–H groups in total. The second kappa shape index (κ2) is 6.59. The highest BCUT2D eigenvalue weighted by molar-refractivity contribution is 5.83. The zero-order chi connectivity index (χ0) is 16.2. The Kier molecular flexibility index (Phi) is 3.99. The number of benzene rings is 3. The summed E-state index contributed by atoms with van der Waals surface area (Å²) in [6.45, 7) is 0.882. The third-order valence-electron chi connectivity index (χ3n) is 4.26. The van der Waals surface area contributed by atoms with Gasteiger partial charge in [-0.3, -0.25) is 0 Å². The van der Waals surface area contributed by atoms with Crippen LogP contribution in [-0.2, 0) is 6.54 Å². The summed E-state index contributed by atoms with van der Waals surface area (Å²) < 4.78 is 2.28. The Morgan fingerprint density at radius 2 is 0.917 bits per heavy atom. The van der Waals surface area contributed by atoms with E-state index in [0.717, 1.165) is 6.54 Å². The van der Waals surface area contributed by atoms with Crippen molar-refractivity contribution in [2.75, 3.05) is 0 Å². The van der Waals surface area contributed by atoms with Crippen LogP contribution in [0.15, 0.2) is 103 Å². The van der Waals surface area contributed by atoms with Crippen molar-refractivity contribution in [1.29, 1.82) is 0 Å². The summed E-state index contributed by atoms with van der Waals surface area (Å²) in [5.41, 5.74) is 6.37. The highest BCUT2D eigenvalue weighted by Gasteiger charge is 2.11. The lowest BCUT2D eigenvalue weighted by Gasteiger charge is -2.03. The third-order valence-corrected chi connectivity index (χ3v) is 4.26. The molecule has 3 aromatic carbocycles. The lowest BCUT2D eigenvalue weighted by molar-refractivity contribution is 0.807. The monoisotopic (exact) mass is 309 g/mol. The van der Waals surface area contributed by atoms with Gasteiger partial charge in [-0.15, -0.1) is 0 Å². The molecule has 4 rings (SSSR count). The van der Waals surface area contributed by atoms with Crippen molar-refractivity contribution in [3.05, 3.63) is 109 Å². The smallest absolute Gasteiger partial charge is 0.0470 e. The Morgan fingerprint density at radius 3 is 1.38 bits per heavy atom. The lowest BCUT2D eigenvalue weighted by atomic mass is 9.99. The van der Waals surface area contributed by atoms with Gasteiger partial charge in [-0.1, -0.05) is 91.0 Å². The minimum atomic E-state index is 0.882. The number of aromatic nitrogens is 1. The molecule has 0 radical (unpaired) electrons. The van der Waals surface area contributed by atoms with Crippen molar-refractivity contribution < 1.29 is 0 Å². The highest BCUT2D eigenvalue weighted by Crippen LogP contribution is 2.33. The molecule has 0 aliphatic rings. The molecule has 1 heteroatoms. The number of hydrogen-bond acceptors (Lipinski definition) is 0. The molecule has 0 saturated heterocycles. The van der Waals surface area contributed by atoms with E-state index in [1.165, 1.54) is 27.8 Å². The molecule has 1 heterocycles. The Labute approximate surface area is 142 Å². The molecule has 24 heavy (non-hydrogen) atoms. The van der Waals surface area contributed by atoms with Crippen molar-refractivity contribution in [3.63, 3.8) is 0 Å². The molecule has 1 nitrogen and oxygen atoms in total. The van der Waals surface area contributed by atoms with Gasteiger partial charge < -0.3 is 4.57 Å². The summed E-state index contributed by atoms with van der Waals surface area (Å²) in [6.07, 6.45) is 4.51. The minimum absolute atomic E-state index is 0.882. The van der Waals surface area contributed by atoms with Gasteiger partial charge in [0.2, 0.25) is 0 Å². The fraction of sp³-hybridized carbons (Fsp3) is 0.0435. The second-order valence-corrected chi connectivity index (χ2v) is 5.98. The maximum atomic E-state index is 2.28. The highest BCUT2D eigenvalue weighted by atomic mass is 14.9. The summed E-state index contributed by atoms with van der Waals surface area (Å²) in [5, 5.41) is 0. The van der Waals surface area contributed by atoms with E-state index in [0.29, 0.717) is 0 Å². The average molecular weight is 309 g/mol. The van der Waals surface area contributed by atoms with E-state index < -0.39 is 0 Å². The first-order valence-corrected chi connectivity index (χ1v) is 8.25. The standard InChI is InChI=1S/C23H19N/c1-4-10-19(11-5-1)16-24-17-22(20-12-6-2-7-13-20)23(18-24)21-14-8-3-9-15-21/h1-15,17-18H,16H2. The summed E-state index contributed by atoms with van der Waals surface area (Å²) in [4.78, 5) is 0. The summed E-state index contributed by atoms with van der Waals surface area (Å²) >= 11 is 0. The van der Waals surface area contributed by atoms with Crippen molar-refractivity contribution >= 4 is 0 Å². The zero-order valence-electron chi connectivity index (χ0n) is 13.5. The SMILES string of the molecule is c1ccc(Cn2cc(-c3ccccc3)c(-c3ccccc3)c2)cc1. The van der Waals surface area contributed by atoms with Crippen LogP contribution in [0.1, 0.15) is 5.56 Å². The largest absolute Gasteiger partial charge is 0.349 e. The lowest BCUT2D eigenvalue weighted by Crippen LogP contribution is -1.95. The van der Waals surface area contributed by atoms with Crippen molar-refractivity contribution in [2.24, 2.45) is 0 Å². The Hall–Kier alpha value is -3.06. The molecule has 0 aliphatic heterocycles. The van der Waals surface area contributed by atoms with Crippen LogP contribution < -0.4 is 0 Å². The summed E-state index contributed by atoms with van der Waals surface area (Å²) in [7, 11) is 0. The van der Waals surface area contributed by atoms with Gasteiger partial charge in [0.25, 0.3) is 0 Å². The molecular formula is C23H19N. The van der Waals surface area contributed by atoms with Gasteiger partial charge >= 0.3 is 0 Å². The van der Waals surface area contributed by atoms with Gasteiger partial charge in [0, 0.05) is 30.1 Å². The van der Waals surface area contributed by atoms with Gasteiger partial charge in [-0.2, -0.15) is 0 Å². The fourth-order valence-corrected chi connectivity index (χ4v) is 3.09. The van der Waals surface area contributed by atoms with Gasteiger partial charge in [-0.25, -0.2) is 0 Å². The maximum absolute atomic E-state index is 2.28. The average Bonchev–Trinajstić information content (AvgIpc) is 3.08. The second-order valence-electron chi connectivity index (χ2n) is 5.98. The van der Waals surface area contributed by atoms with E-state index in [1.807, 2.05) is 0 Å². The summed E-state index contributed by atoms with van der Waals surface area (Å²) in [5.74, 6) is 0. The van der Waals surface area contributed by atoms with Crippen LogP contribution >= 0.6 is 0 Å². The van der Waals surface area contributed by atoms with Crippen LogP contribution in [0.4, 0.5) is 0 Å². The molecule has 0 spiro atoms. The van der Waals surface area contributed by atoms with Crippen molar-refractivity contribution in [2.45, 2.75) is 6.54 Å². The minimum Gasteiger partial charge on any atom is -0.349 e. The van der Waals surface area contributed by atoms with Crippen LogP contribution in [0.5, 0.6) is 0 Å². The van der Waals surface area contributed by atoms with Gasteiger partial charge in [0.05, 0.1) is 0 Å². The van der Waals surface area contributed by atoms with E-state index in [2.05, 4.69) is 108 Å². The van der Waals surface area contributed by atoms with Crippen molar-refractivity contribution in [1.82, 2.24) is 4.57 Å². The number of nitrogens with zero attached hydrogens (tertiary/aromatic N) is 1. The molecule has 1 aromatic heterocycles. The van der Waals surface area contributed by atoms with E-state index >= 15 is 0 Å². The predicted molar refractivity (Wildman–Crippen MR) is 101 cm³/mol. The summed E-state index contributed by atoms with van der Waals surface area (Å²) in [6, 6.07) is 31.8. The third kappa shape index (κ3) is 3.02. The van der Waals surface area contributed by atoms with Crippen LogP contribution in [0.3, 0.4) is 0 Å². The predicted octanol–water partition coefficient (Wildman–Crippen LogP) is 5.87. The number of rotatable bonds is 4. The van der Waals surface area contributed by atoms with E-state index in [-0.39, 0.29) is 0 Å².